The summed E-state index contributed by atoms with van der Waals surface area (Å²) in [5.41, 5.74) is 14.1. The number of nitrogen functional groups attached to an aromatic ring is 1. The maximum Gasteiger partial charge on any atom is 0.143 e. The Balaban J connectivity index is 1.24. The predicted molar refractivity (Wildman–Crippen MR) is 127 cm³/mol. The summed E-state index contributed by atoms with van der Waals surface area (Å²) in [7, 11) is 0. The number of nitrogens with two attached hydrogens (primary N) is 1. The van der Waals surface area contributed by atoms with Gasteiger partial charge < -0.3 is 10.3 Å². The molecule has 2 aliphatic rings. The molecule has 32 heavy (non-hydrogen) atoms. The molecule has 0 saturated heterocycles. The molecule has 0 saturated carbocycles. The van der Waals surface area contributed by atoms with E-state index in [2.05, 4.69) is 56.3 Å². The number of aliphatic imine (C=N–C) groups is 1. The van der Waals surface area contributed by atoms with E-state index in [0.717, 1.165) is 34.7 Å². The van der Waals surface area contributed by atoms with Crippen LogP contribution in [0, 0.1) is 0 Å². The van der Waals surface area contributed by atoms with Crippen LogP contribution in [-0.2, 0) is 29.5 Å². The number of benzene rings is 2. The summed E-state index contributed by atoms with van der Waals surface area (Å²) >= 11 is 0. The minimum Gasteiger partial charge on any atom is -0.399 e. The Labute approximate surface area is 188 Å². The maximum atomic E-state index is 12.5. The largest absolute Gasteiger partial charge is 0.399 e. The molecule has 0 bridgehead atoms. The van der Waals surface area contributed by atoms with Gasteiger partial charge in [-0.3, -0.25) is 9.79 Å². The third-order valence-electron chi connectivity index (χ3n) is 6.15. The lowest BCUT2D eigenvalue weighted by Gasteiger charge is -2.12. The Morgan fingerprint density at radius 3 is 2.59 bits per heavy atom. The maximum absolute atomic E-state index is 12.5. The Morgan fingerprint density at radius 1 is 1.09 bits per heavy atom. The van der Waals surface area contributed by atoms with Crippen molar-refractivity contribution in [2.75, 3.05) is 5.73 Å². The first-order valence-electron chi connectivity index (χ1n) is 11.0. The zero-order valence-electron chi connectivity index (χ0n) is 18.7. The van der Waals surface area contributed by atoms with Gasteiger partial charge in [0.25, 0.3) is 0 Å². The van der Waals surface area contributed by atoms with Gasteiger partial charge in [-0.1, -0.05) is 56.3 Å². The minimum atomic E-state index is -0.115. The lowest BCUT2D eigenvalue weighted by molar-refractivity contribution is -0.117. The minimum absolute atomic E-state index is 0.115. The second kappa shape index (κ2) is 7.59. The lowest BCUT2D eigenvalue weighted by Crippen LogP contribution is -2.09. The number of fused-ring (bicyclic) bond motifs is 3. The SMILES string of the molecule is CC(C)(C)c1cc(CC(=O)Cc2ccc(C3=CC4C(=N3)Cc3cc(N)ccc34)cc2)no1. The second-order valence-electron chi connectivity index (χ2n) is 9.79. The van der Waals surface area contributed by atoms with Crippen molar-refractivity contribution in [1.29, 1.82) is 0 Å². The number of allylic oxidation sites excluding steroid dienone is 1. The van der Waals surface area contributed by atoms with Crippen LogP contribution in [0.15, 0.2) is 64.1 Å². The molecule has 0 radical (unpaired) electrons. The molecule has 1 unspecified atom stereocenters. The third kappa shape index (κ3) is 3.91. The van der Waals surface area contributed by atoms with Crippen molar-refractivity contribution < 1.29 is 9.32 Å². The van der Waals surface area contributed by atoms with Crippen molar-refractivity contribution in [3.05, 3.63) is 88.3 Å². The molecule has 3 aromatic rings. The van der Waals surface area contributed by atoms with Crippen LogP contribution in [0.1, 0.15) is 60.4 Å². The van der Waals surface area contributed by atoms with Gasteiger partial charge in [-0.15, -0.1) is 0 Å². The molecule has 162 valence electrons. The molecule has 1 aliphatic carbocycles. The molecule has 5 rings (SSSR count). The zero-order chi connectivity index (χ0) is 22.5. The van der Waals surface area contributed by atoms with Gasteiger partial charge in [-0.05, 0) is 40.5 Å². The average molecular weight is 426 g/mol. The predicted octanol–water partition coefficient (Wildman–Crippen LogP) is 5.04. The quantitative estimate of drug-likeness (QED) is 0.581. The van der Waals surface area contributed by atoms with E-state index in [1.165, 1.54) is 16.8 Å². The highest BCUT2D eigenvalue weighted by Crippen LogP contribution is 2.40. The van der Waals surface area contributed by atoms with Crippen LogP contribution >= 0.6 is 0 Å². The third-order valence-corrected chi connectivity index (χ3v) is 6.15. The van der Waals surface area contributed by atoms with Crippen LogP contribution in [-0.4, -0.2) is 16.7 Å². The van der Waals surface area contributed by atoms with E-state index < -0.39 is 0 Å². The van der Waals surface area contributed by atoms with Crippen molar-refractivity contribution in [2.45, 2.75) is 51.4 Å². The molecule has 1 aliphatic heterocycles. The summed E-state index contributed by atoms with van der Waals surface area (Å²) in [5.74, 6) is 1.17. The number of Topliss-reactive ketones (excluding diaryl/α,β-unsaturated/α-hetero) is 1. The van der Waals surface area contributed by atoms with Gasteiger partial charge in [0.2, 0.25) is 0 Å². The number of carbonyl (C=O) groups is 1. The molecule has 1 aromatic heterocycles. The first kappa shape index (κ1) is 20.4. The number of hydrogen-bond acceptors (Lipinski definition) is 5. The topological polar surface area (TPSA) is 81.5 Å². The summed E-state index contributed by atoms with van der Waals surface area (Å²) in [5, 5.41) is 4.05. The molecule has 5 nitrogen and oxygen atoms in total. The molecule has 2 aromatic carbocycles. The number of ketones is 1. The van der Waals surface area contributed by atoms with Gasteiger partial charge in [-0.25, -0.2) is 0 Å². The highest BCUT2D eigenvalue weighted by Gasteiger charge is 2.31. The number of aromatic nitrogens is 1. The average Bonchev–Trinajstić information content (AvgIpc) is 3.42. The monoisotopic (exact) mass is 425 g/mol. The van der Waals surface area contributed by atoms with Crippen LogP contribution in [0.5, 0.6) is 0 Å². The van der Waals surface area contributed by atoms with Crippen molar-refractivity contribution in [3.8, 4) is 0 Å². The normalized spacial score (nSPS) is 17.0. The molecular weight excluding hydrogens is 398 g/mol. The Hall–Kier alpha value is -3.47. The van der Waals surface area contributed by atoms with E-state index in [-0.39, 0.29) is 23.5 Å². The Morgan fingerprint density at radius 2 is 1.88 bits per heavy atom. The fourth-order valence-electron chi connectivity index (χ4n) is 4.41. The molecule has 1 atom stereocenters. The number of hydrogen-bond donors (Lipinski definition) is 1. The number of anilines is 1. The van der Waals surface area contributed by atoms with Crippen LogP contribution in [0.4, 0.5) is 5.69 Å². The molecule has 2 N–H and O–H groups in total. The standard InChI is InChI=1S/C27H27N3O2/c1-27(2,3)26-14-20(30-32-26)13-21(31)10-16-4-6-17(7-5-16)24-15-23-22-9-8-19(28)11-18(22)12-25(23)29-24/h4-9,11,14-15,23H,10,12-13,28H2,1-3H3. The van der Waals surface area contributed by atoms with E-state index in [0.29, 0.717) is 12.1 Å². The van der Waals surface area contributed by atoms with E-state index >= 15 is 0 Å². The molecule has 0 amide bonds. The van der Waals surface area contributed by atoms with Crippen molar-refractivity contribution in [3.63, 3.8) is 0 Å². The second-order valence-corrected chi connectivity index (χ2v) is 9.79. The van der Waals surface area contributed by atoms with Crippen molar-refractivity contribution in [2.24, 2.45) is 4.99 Å². The first-order valence-corrected chi connectivity index (χ1v) is 11.0. The van der Waals surface area contributed by atoms with Gasteiger partial charge in [0.1, 0.15) is 11.5 Å². The van der Waals surface area contributed by atoms with Crippen LogP contribution in [0.25, 0.3) is 5.70 Å². The van der Waals surface area contributed by atoms with Gasteiger partial charge in [0, 0.05) is 41.6 Å². The zero-order valence-corrected chi connectivity index (χ0v) is 18.7. The fourth-order valence-corrected chi connectivity index (χ4v) is 4.41. The first-order chi connectivity index (χ1) is 15.3. The molecular formula is C27H27N3O2. The van der Waals surface area contributed by atoms with Crippen molar-refractivity contribution in [1.82, 2.24) is 5.16 Å². The lowest BCUT2D eigenvalue weighted by atomic mass is 9.93. The Kier molecular flexibility index (Phi) is 4.85. The van der Waals surface area contributed by atoms with E-state index in [9.17, 15) is 4.79 Å². The van der Waals surface area contributed by atoms with Gasteiger partial charge in [0.15, 0.2) is 0 Å². The Bertz CT molecular complexity index is 1260. The van der Waals surface area contributed by atoms with E-state index in [4.69, 9.17) is 15.2 Å². The molecule has 0 spiro atoms. The van der Waals surface area contributed by atoms with Gasteiger partial charge >= 0.3 is 0 Å². The smallest absolute Gasteiger partial charge is 0.143 e. The summed E-state index contributed by atoms with van der Waals surface area (Å²) in [6.07, 6.45) is 3.75. The summed E-state index contributed by atoms with van der Waals surface area (Å²) in [6.45, 7) is 6.19. The fraction of sp³-hybridized carbons (Fsp3) is 0.296. The highest BCUT2D eigenvalue weighted by atomic mass is 16.5. The van der Waals surface area contributed by atoms with E-state index in [1.54, 1.807) is 0 Å². The van der Waals surface area contributed by atoms with E-state index in [1.807, 2.05) is 24.3 Å². The van der Waals surface area contributed by atoms with Crippen LogP contribution in [0.2, 0.25) is 0 Å². The summed E-state index contributed by atoms with van der Waals surface area (Å²) in [4.78, 5) is 17.4. The number of carbonyl (C=O) groups excluding carboxylic acids is 1. The highest BCUT2D eigenvalue weighted by molar-refractivity contribution is 6.06. The van der Waals surface area contributed by atoms with Crippen LogP contribution < -0.4 is 5.73 Å². The van der Waals surface area contributed by atoms with Crippen molar-refractivity contribution >= 4 is 22.9 Å². The molecule has 5 heteroatoms. The molecule has 2 heterocycles. The van der Waals surface area contributed by atoms with Crippen LogP contribution in [0.3, 0.4) is 0 Å². The molecule has 0 fully saturated rings. The summed E-state index contributed by atoms with van der Waals surface area (Å²) in [6, 6.07) is 16.2. The number of rotatable bonds is 5. The van der Waals surface area contributed by atoms with Gasteiger partial charge in [0.05, 0.1) is 17.8 Å². The number of nitrogens with zero attached hydrogens (tertiary/aromatic N) is 2. The van der Waals surface area contributed by atoms with Gasteiger partial charge in [-0.2, -0.15) is 0 Å². The summed E-state index contributed by atoms with van der Waals surface area (Å²) < 4.78 is 5.38.